The second-order valence-electron chi connectivity index (χ2n) is 31.8. The van der Waals surface area contributed by atoms with Gasteiger partial charge in [0.1, 0.15) is 0 Å². The third-order valence-electron chi connectivity index (χ3n) is 23.6. The zero-order valence-electron chi connectivity index (χ0n) is 61.4. The van der Waals surface area contributed by atoms with E-state index in [-0.39, 0.29) is 24.3 Å². The zero-order chi connectivity index (χ0) is 72.3. The average molecular weight is 1380 g/mol. The summed E-state index contributed by atoms with van der Waals surface area (Å²) >= 11 is 0. The Morgan fingerprint density at radius 1 is 0.204 bits per heavy atom. The Hall–Kier alpha value is -12.9. The Bertz CT molecular complexity index is 6440. The van der Waals surface area contributed by atoms with Gasteiger partial charge in [0.05, 0.1) is 22.7 Å². The smallest absolute Gasteiger partial charge is 0.252 e. The summed E-state index contributed by atoms with van der Waals surface area (Å²) in [5, 5.41) is 9.75. The van der Waals surface area contributed by atoms with Crippen molar-refractivity contribution in [3.8, 4) is 44.5 Å². The van der Waals surface area contributed by atoms with E-state index in [9.17, 15) is 0 Å². The van der Waals surface area contributed by atoms with Gasteiger partial charge in [-0.25, -0.2) is 0 Å². The largest absolute Gasteiger partial charge is 0.311 e. The van der Waals surface area contributed by atoms with E-state index in [4.69, 9.17) is 0 Å². The summed E-state index contributed by atoms with van der Waals surface area (Å²) in [7, 11) is 0. The van der Waals surface area contributed by atoms with Gasteiger partial charge in [-0.2, -0.15) is 0 Å². The van der Waals surface area contributed by atoms with Gasteiger partial charge in [0.2, 0.25) is 0 Å². The molecule has 108 heavy (non-hydrogen) atoms. The molecule has 4 heterocycles. The lowest BCUT2D eigenvalue weighted by Crippen LogP contribution is -2.65. The molecule has 510 valence electrons. The first-order chi connectivity index (χ1) is 52.9. The Morgan fingerprint density at radius 2 is 0.500 bits per heavy atom. The lowest BCUT2D eigenvalue weighted by Gasteiger charge is -2.48. The number of para-hydroxylation sites is 4. The minimum Gasteiger partial charge on any atom is -0.311 e. The van der Waals surface area contributed by atoms with E-state index in [0.717, 1.165) is 90.0 Å². The van der Waals surface area contributed by atoms with Crippen molar-refractivity contribution in [1.82, 2.24) is 0 Å². The topological polar surface area (TPSA) is 13.0 Å². The van der Waals surface area contributed by atoms with Crippen molar-refractivity contribution in [2.75, 3.05) is 19.6 Å². The second-order valence-corrected chi connectivity index (χ2v) is 31.8. The van der Waals surface area contributed by atoms with Crippen molar-refractivity contribution < 1.29 is 0 Å². The van der Waals surface area contributed by atoms with Crippen LogP contribution >= 0.6 is 0 Å². The summed E-state index contributed by atoms with van der Waals surface area (Å²) in [6, 6.07) is 134. The van der Waals surface area contributed by atoms with Crippen LogP contribution in [-0.2, 0) is 10.8 Å². The van der Waals surface area contributed by atoms with Gasteiger partial charge < -0.3 is 19.6 Å². The number of rotatable bonds is 8. The summed E-state index contributed by atoms with van der Waals surface area (Å²) < 4.78 is 0. The van der Waals surface area contributed by atoms with Crippen LogP contribution < -0.4 is 52.4 Å². The fourth-order valence-electron chi connectivity index (χ4n) is 18.7. The Balaban J connectivity index is 0.945. The van der Waals surface area contributed by atoms with Gasteiger partial charge in [0.25, 0.3) is 13.4 Å². The van der Waals surface area contributed by atoms with Crippen LogP contribution in [0.15, 0.2) is 352 Å². The van der Waals surface area contributed by atoms with Crippen molar-refractivity contribution in [3.05, 3.63) is 363 Å². The van der Waals surface area contributed by atoms with Gasteiger partial charge in [-0.1, -0.05) is 339 Å². The molecule has 17 aromatic rings. The normalized spacial score (nSPS) is 13.4. The molecule has 0 amide bonds. The molecule has 21 rings (SSSR count). The molecule has 0 radical (unpaired) electrons. The molecule has 0 saturated heterocycles. The van der Waals surface area contributed by atoms with Crippen molar-refractivity contribution in [2.45, 2.75) is 52.4 Å². The third kappa shape index (κ3) is 9.72. The molecule has 0 N–H and O–H groups in total. The number of nitrogens with zero attached hydrogens (tertiary/aromatic N) is 4. The Kier molecular flexibility index (Phi) is 14.3. The third-order valence-corrected chi connectivity index (χ3v) is 23.6. The van der Waals surface area contributed by atoms with E-state index < -0.39 is 0 Å². The van der Waals surface area contributed by atoms with Gasteiger partial charge in [-0.15, -0.1) is 0 Å². The number of hydrogen-bond donors (Lipinski definition) is 0. The maximum atomic E-state index is 2.75. The van der Waals surface area contributed by atoms with E-state index in [1.54, 1.807) is 0 Å². The van der Waals surface area contributed by atoms with E-state index in [2.05, 4.69) is 413 Å². The first-order valence-corrected chi connectivity index (χ1v) is 38.1. The quantitative estimate of drug-likeness (QED) is 0.111. The van der Waals surface area contributed by atoms with Crippen LogP contribution in [0.5, 0.6) is 0 Å². The fraction of sp³-hybridized carbons (Fsp3) is 0.0784. The van der Waals surface area contributed by atoms with Crippen LogP contribution in [0.2, 0.25) is 0 Å². The highest BCUT2D eigenvalue weighted by atomic mass is 15.2. The highest BCUT2D eigenvalue weighted by molar-refractivity contribution is 7.03. The lowest BCUT2D eigenvalue weighted by atomic mass is 9.30. The van der Waals surface area contributed by atoms with E-state index in [0.29, 0.717) is 0 Å². The molecule has 0 unspecified atom stereocenters. The summed E-state index contributed by atoms with van der Waals surface area (Å²) in [4.78, 5) is 10.8. The molecule has 4 aliphatic heterocycles. The van der Waals surface area contributed by atoms with Crippen LogP contribution in [0, 0.1) is 0 Å². The maximum absolute atomic E-state index is 2.75. The first kappa shape index (κ1) is 63.6. The van der Waals surface area contributed by atoms with E-state index in [1.807, 2.05) is 0 Å². The van der Waals surface area contributed by atoms with Crippen molar-refractivity contribution >= 4 is 158 Å². The first-order valence-electron chi connectivity index (χ1n) is 38.1. The molecule has 0 spiro atoms. The monoisotopic (exact) mass is 1380 g/mol. The number of fused-ring (bicyclic) bond motifs is 14. The molecular weight excluding hydrogens is 1300 g/mol. The highest BCUT2D eigenvalue weighted by Crippen LogP contribution is 2.57. The van der Waals surface area contributed by atoms with Gasteiger partial charge >= 0.3 is 0 Å². The number of benzene rings is 17. The minimum atomic E-state index is -0.310. The highest BCUT2D eigenvalue weighted by Gasteiger charge is 2.50. The molecule has 4 nitrogen and oxygen atoms in total. The van der Waals surface area contributed by atoms with Crippen molar-refractivity contribution in [1.29, 1.82) is 0 Å². The van der Waals surface area contributed by atoms with Crippen LogP contribution in [0.1, 0.15) is 52.7 Å². The summed E-state index contributed by atoms with van der Waals surface area (Å²) in [5.74, 6) is 0. The summed E-state index contributed by atoms with van der Waals surface area (Å²) in [6.45, 7) is 13.9. The van der Waals surface area contributed by atoms with Crippen molar-refractivity contribution in [2.24, 2.45) is 0 Å². The molecule has 6 heteroatoms. The standard InChI is InChI=1S/C102H76B2N4/c1-101(2,3)71-59-93-97-94(60-71)106(90-58-70-42-20-22-44-74(70)80-46-24-26-48-82(80)90)91-64-92-86(63-85(91)103(97)83-53-27-29-55-87(83)105(93)89-57-69-41-19-21-43-73(69)79-45-23-25-47-81(79)89)104-84-54-28-30-56-88(84)107(99-75(65-33-11-7-12-34-65)49-31-50-76(99)66-35-13-8-14-36-66)95-61-72(102(4,5)6)62-96(98(95)104)108(92)100-77(67-37-15-9-16-38-67)51-32-52-78(100)68-39-17-10-18-40-68/h7-64H,1-6H3. The van der Waals surface area contributed by atoms with Crippen LogP contribution in [-0.4, -0.2) is 13.4 Å². The summed E-state index contributed by atoms with van der Waals surface area (Å²) in [6.07, 6.45) is 0. The number of anilines is 12. The fourth-order valence-corrected chi connectivity index (χ4v) is 18.7. The van der Waals surface area contributed by atoms with Crippen LogP contribution in [0.25, 0.3) is 87.6 Å². The van der Waals surface area contributed by atoms with Crippen LogP contribution in [0.3, 0.4) is 0 Å². The minimum absolute atomic E-state index is 0.220. The molecule has 0 bridgehead atoms. The van der Waals surface area contributed by atoms with Gasteiger partial charge in [-0.3, -0.25) is 0 Å². The van der Waals surface area contributed by atoms with E-state index in [1.165, 1.54) is 110 Å². The molecule has 0 fully saturated rings. The molecule has 4 aliphatic rings. The van der Waals surface area contributed by atoms with Crippen LogP contribution in [0.4, 0.5) is 68.2 Å². The molecular formula is C102H76B2N4. The molecule has 0 aliphatic carbocycles. The lowest BCUT2D eigenvalue weighted by molar-refractivity contribution is 0.590. The Labute approximate surface area is 632 Å². The number of hydrogen-bond acceptors (Lipinski definition) is 4. The van der Waals surface area contributed by atoms with Gasteiger partial charge in [0.15, 0.2) is 0 Å². The van der Waals surface area contributed by atoms with Gasteiger partial charge in [0, 0.05) is 78.5 Å². The molecule has 0 saturated carbocycles. The average Bonchev–Trinajstić information content (AvgIpc) is 0.678. The van der Waals surface area contributed by atoms with Crippen molar-refractivity contribution in [3.63, 3.8) is 0 Å². The van der Waals surface area contributed by atoms with E-state index >= 15 is 0 Å². The SMILES string of the molecule is CC(C)(C)c1cc2c3c(c1)N(c1c(-c4ccccc4)cccc1-c1ccccc1)c1cc4c(cc1B3c1ccccc1N2c1c(-c2ccccc2)cccc1-c1ccccc1)B1c2ccccc2N(c2cc3ccccc3c3ccccc23)c2cc(C(C)(C)C)cc(c21)N4c1cc2ccccc2c2ccccc12. The molecule has 0 atom stereocenters. The Morgan fingerprint density at radius 3 is 0.889 bits per heavy atom. The molecule has 17 aromatic carbocycles. The molecule has 0 aromatic heterocycles. The zero-order valence-corrected chi connectivity index (χ0v) is 61.4. The second kappa shape index (κ2) is 24.3. The maximum Gasteiger partial charge on any atom is 0.252 e. The predicted octanol–water partition coefficient (Wildman–Crippen LogP) is 23.7. The predicted molar refractivity (Wildman–Crippen MR) is 464 cm³/mol. The van der Waals surface area contributed by atoms with Gasteiger partial charge in [-0.05, 0) is 164 Å². The summed E-state index contributed by atoms with van der Waals surface area (Å²) in [5.41, 5.74) is 32.6.